The zero-order valence-electron chi connectivity index (χ0n) is 25.6. The Hall–Kier alpha value is -4.33. The van der Waals surface area contributed by atoms with E-state index in [1.807, 2.05) is 54.6 Å². The molecule has 0 unspecified atom stereocenters. The Labute approximate surface area is 334 Å². The van der Waals surface area contributed by atoms with Crippen molar-refractivity contribution < 1.29 is 75.1 Å². The third-order valence-corrected chi connectivity index (χ3v) is 6.60. The number of aromatic nitrogens is 3. The molecule has 3 aromatic heterocycles. The molecule has 0 atom stereocenters. The molecule has 0 spiro atoms. The first kappa shape index (κ1) is 43.7. The van der Waals surface area contributed by atoms with Crippen molar-refractivity contribution in [3.05, 3.63) is 172 Å². The van der Waals surface area contributed by atoms with Crippen molar-refractivity contribution in [2.45, 2.75) is 0 Å². The number of rotatable bonds is 5. The summed E-state index contributed by atoms with van der Waals surface area (Å²) >= 11 is 16.5. The van der Waals surface area contributed by atoms with E-state index in [4.69, 9.17) is 34.8 Å². The molecule has 3 N–H and O–H groups in total. The van der Waals surface area contributed by atoms with Crippen molar-refractivity contribution in [1.82, 2.24) is 15.0 Å². The minimum Gasteiger partial charge on any atom is -0.545 e. The van der Waals surface area contributed by atoms with Crippen LogP contribution in [0.4, 0.5) is 0 Å². The molecular formula is C36H26Cl3GdN3O7+. The van der Waals surface area contributed by atoms with Crippen molar-refractivity contribution in [2.24, 2.45) is 0 Å². The first-order valence-electron chi connectivity index (χ1n) is 13.7. The number of benzene rings is 3. The summed E-state index contributed by atoms with van der Waals surface area (Å²) in [6, 6.07) is 34.9. The van der Waals surface area contributed by atoms with Crippen LogP contribution in [0.15, 0.2) is 140 Å². The van der Waals surface area contributed by atoms with Crippen molar-refractivity contribution in [2.75, 3.05) is 0 Å². The molecule has 0 aliphatic carbocycles. The van der Waals surface area contributed by atoms with Crippen molar-refractivity contribution >= 4 is 52.7 Å². The van der Waals surface area contributed by atoms with Gasteiger partial charge in [0.05, 0.1) is 40.7 Å². The molecule has 50 heavy (non-hydrogen) atoms. The zero-order chi connectivity index (χ0) is 34.9. The molecule has 6 aromatic rings. The van der Waals surface area contributed by atoms with Crippen molar-refractivity contribution in [1.29, 1.82) is 0 Å². The average molecular weight is 876 g/mol. The molecular weight excluding hydrogens is 850 g/mol. The van der Waals surface area contributed by atoms with Crippen LogP contribution in [0, 0.1) is 39.9 Å². The van der Waals surface area contributed by atoms with Gasteiger partial charge in [-0.3, -0.25) is 9.97 Å². The van der Waals surface area contributed by atoms with Crippen LogP contribution in [0.1, 0.15) is 31.1 Å². The molecule has 6 rings (SSSR count). The maximum absolute atomic E-state index is 10.2. The molecule has 0 saturated carbocycles. The average Bonchev–Trinajstić information content (AvgIpc) is 3.10. The molecule has 1 radical (unpaired) electrons. The summed E-state index contributed by atoms with van der Waals surface area (Å²) < 4.78 is 0. The Morgan fingerprint density at radius 1 is 0.420 bits per heavy atom. The summed E-state index contributed by atoms with van der Waals surface area (Å²) in [6.07, 6.45) is 3.54. The van der Waals surface area contributed by atoms with Gasteiger partial charge in [-0.25, -0.2) is 4.98 Å². The molecule has 0 amide bonds. The van der Waals surface area contributed by atoms with Gasteiger partial charge in [0.1, 0.15) is 0 Å². The first-order chi connectivity index (χ1) is 23.0. The van der Waals surface area contributed by atoms with E-state index in [2.05, 4.69) is 15.0 Å². The summed E-state index contributed by atoms with van der Waals surface area (Å²) in [5, 5.41) is 32.0. The van der Waals surface area contributed by atoms with Crippen LogP contribution in [-0.2, 0) is 5.48 Å². The Balaban J connectivity index is 0.000000344. The first-order valence-corrected chi connectivity index (χ1v) is 14.9. The maximum atomic E-state index is 10.2. The van der Waals surface area contributed by atoms with Crippen LogP contribution in [0.2, 0.25) is 15.1 Å². The number of carboxylic acids is 3. The van der Waals surface area contributed by atoms with E-state index in [1.54, 1.807) is 12.4 Å². The summed E-state index contributed by atoms with van der Waals surface area (Å²) in [5.41, 5.74) is 3.89. The molecule has 255 valence electrons. The molecule has 3 heterocycles. The number of pyridine rings is 3. The van der Waals surface area contributed by atoms with Crippen LogP contribution in [0.5, 0.6) is 0 Å². The Kier molecular flexibility index (Phi) is 20.2. The van der Waals surface area contributed by atoms with Gasteiger partial charge in [0.2, 0.25) is 0 Å². The molecule has 0 fully saturated rings. The third-order valence-electron chi connectivity index (χ3n) is 5.84. The fourth-order valence-corrected chi connectivity index (χ4v) is 3.88. The van der Waals surface area contributed by atoms with Crippen molar-refractivity contribution in [3.63, 3.8) is 0 Å². The predicted molar refractivity (Wildman–Crippen MR) is 183 cm³/mol. The largest absolute Gasteiger partial charge is 3.00 e. The molecule has 14 heteroatoms. The van der Waals surface area contributed by atoms with Crippen LogP contribution in [0.3, 0.4) is 0 Å². The van der Waals surface area contributed by atoms with E-state index in [-0.39, 0.29) is 62.1 Å². The van der Waals surface area contributed by atoms with Crippen LogP contribution < -0.4 is 15.3 Å². The van der Waals surface area contributed by atoms with Gasteiger partial charge in [0.25, 0.3) is 0 Å². The van der Waals surface area contributed by atoms with E-state index < -0.39 is 17.9 Å². The van der Waals surface area contributed by atoms with Crippen LogP contribution in [0.25, 0.3) is 22.8 Å². The predicted octanol–water partition coefficient (Wildman–Crippen LogP) is 4.39. The normalized spacial score (nSPS) is 9.26. The van der Waals surface area contributed by atoms with E-state index >= 15 is 0 Å². The maximum Gasteiger partial charge on any atom is 3.00 e. The van der Waals surface area contributed by atoms with Gasteiger partial charge in [-0.05, 0) is 89.5 Å². The fourth-order valence-electron chi connectivity index (χ4n) is 3.51. The van der Waals surface area contributed by atoms with E-state index in [9.17, 15) is 29.7 Å². The smallest absolute Gasteiger partial charge is 0.545 e. The fraction of sp³-hybridized carbons (Fsp3) is 0. The van der Waals surface area contributed by atoms with E-state index in [0.717, 1.165) is 22.8 Å². The van der Waals surface area contributed by atoms with Gasteiger partial charge in [0.15, 0.2) is 0 Å². The van der Waals surface area contributed by atoms with Crippen LogP contribution in [-0.4, -0.2) is 32.9 Å². The standard InChI is InChI=1S/C15H11N3.3C7H5ClO2.Gd.H2O/c1-3-10-16-12(6-1)14-8-5-9-15(18-14)13-7-2-4-11-17-13;3*8-6-3-1-5(2-4-6)7(9)10;;/h1-11H;3*1-4H,(H,9,10);;1H2/q;;;;+3;/p-2. The summed E-state index contributed by atoms with van der Waals surface area (Å²) in [7, 11) is 0. The number of hydrogen-bond acceptors (Lipinski definition) is 9. The SMILES string of the molecule is O=C([O-])c1ccc(Cl)cc1.O=C([O-])c1ccc(Cl)cc1.O=C([O-])c1ccc(Cl)cc1.[Gd+3].[OH3+].c1ccc(-c2cccc(-c3ccccn3)n2)nc1. The van der Waals surface area contributed by atoms with E-state index in [1.165, 1.54) is 72.8 Å². The minimum absolute atomic E-state index is 0. The van der Waals surface area contributed by atoms with Gasteiger partial charge in [0, 0.05) is 27.5 Å². The number of nitrogens with zero attached hydrogens (tertiary/aromatic N) is 3. The second-order valence-corrected chi connectivity index (χ2v) is 10.5. The molecule has 0 saturated heterocycles. The van der Waals surface area contributed by atoms with E-state index in [0.29, 0.717) is 15.1 Å². The van der Waals surface area contributed by atoms with Gasteiger partial charge >= 0.3 is 39.9 Å². The molecule has 0 aliphatic rings. The number of aromatic carboxylic acids is 3. The Morgan fingerprint density at radius 2 is 0.700 bits per heavy atom. The minimum atomic E-state index is -1.18. The molecule has 0 aliphatic heterocycles. The second kappa shape index (κ2) is 23.1. The Morgan fingerprint density at radius 3 is 0.940 bits per heavy atom. The number of hydrogen-bond donors (Lipinski definition) is 0. The van der Waals surface area contributed by atoms with Gasteiger partial charge in [-0.1, -0.05) is 89.4 Å². The summed E-state index contributed by atoms with van der Waals surface area (Å²) in [5.74, 6) is -3.55. The zero-order valence-corrected chi connectivity index (χ0v) is 30.2. The summed E-state index contributed by atoms with van der Waals surface area (Å²) in [4.78, 5) is 43.7. The van der Waals surface area contributed by atoms with Gasteiger partial charge in [-0.2, -0.15) is 0 Å². The molecule has 0 bridgehead atoms. The van der Waals surface area contributed by atoms with Gasteiger partial charge in [-0.15, -0.1) is 0 Å². The Bertz CT molecular complexity index is 1730. The van der Waals surface area contributed by atoms with Crippen molar-refractivity contribution in [3.8, 4) is 22.8 Å². The topological polar surface area (TPSA) is 192 Å². The monoisotopic (exact) mass is 875 g/mol. The third kappa shape index (κ3) is 15.5. The molecule has 10 nitrogen and oxygen atoms in total. The summed E-state index contributed by atoms with van der Waals surface area (Å²) in [6.45, 7) is 0. The number of halogens is 3. The quantitative estimate of drug-likeness (QED) is 0.226. The van der Waals surface area contributed by atoms with Crippen LogP contribution >= 0.6 is 34.8 Å². The number of carboxylic acid groups (broad SMARTS) is 3. The number of carbonyl (C=O) groups excluding carboxylic acids is 3. The second-order valence-electron chi connectivity index (χ2n) is 9.22. The number of carbonyl (C=O) groups is 3. The molecule has 3 aromatic carbocycles. The van der Waals surface area contributed by atoms with Gasteiger partial charge < -0.3 is 35.2 Å².